The van der Waals surface area contributed by atoms with Crippen molar-refractivity contribution in [1.29, 1.82) is 0 Å². The first kappa shape index (κ1) is 26.7. The quantitative estimate of drug-likeness (QED) is 0.191. The Morgan fingerprint density at radius 1 is 1.00 bits per heavy atom. The summed E-state index contributed by atoms with van der Waals surface area (Å²) < 4.78 is 12.7. The lowest BCUT2D eigenvalue weighted by Gasteiger charge is -2.27. The molecule has 0 aromatic heterocycles. The van der Waals surface area contributed by atoms with Gasteiger partial charge in [-0.15, -0.1) is 0 Å². The van der Waals surface area contributed by atoms with Crippen LogP contribution in [0, 0.1) is 17.4 Å². The molecular weight excluding hydrogens is 607 g/mol. The molecule has 0 spiro atoms. The first-order valence-corrected chi connectivity index (χ1v) is 13.0. The number of halogens is 2. The maximum Gasteiger partial charge on any atom is 0.335 e. The maximum absolute atomic E-state index is 13.2. The number of imide groups is 2. The molecule has 0 bridgehead atoms. The van der Waals surface area contributed by atoms with Crippen LogP contribution in [0.1, 0.15) is 29.2 Å². The summed E-state index contributed by atoms with van der Waals surface area (Å²) in [6.45, 7) is 6.72. The summed E-state index contributed by atoms with van der Waals surface area (Å²) in [6, 6.07) is 15.2. The summed E-state index contributed by atoms with van der Waals surface area (Å²) in [5, 5.41) is 2.42. The highest BCUT2D eigenvalue weighted by Gasteiger charge is 2.37. The number of carbonyl (C=O) groups is 3. The minimum absolute atomic E-state index is 0.185. The molecule has 1 heterocycles. The molecule has 4 rings (SSSR count). The highest BCUT2D eigenvalue weighted by atomic mass is 127. The molecule has 190 valence electrons. The van der Waals surface area contributed by atoms with Gasteiger partial charge in [-0.2, -0.15) is 0 Å². The van der Waals surface area contributed by atoms with E-state index >= 15 is 0 Å². The number of amides is 4. The zero-order chi connectivity index (χ0) is 26.7. The second-order valence-corrected chi connectivity index (χ2v) is 9.95. The van der Waals surface area contributed by atoms with E-state index in [1.807, 2.05) is 13.0 Å². The van der Waals surface area contributed by atoms with Crippen molar-refractivity contribution in [1.82, 2.24) is 5.32 Å². The Kier molecular flexibility index (Phi) is 8.19. The van der Waals surface area contributed by atoms with Crippen LogP contribution in [0.2, 0.25) is 5.02 Å². The number of nitrogens with zero attached hydrogens (tertiary/aromatic N) is 1. The highest BCUT2D eigenvalue weighted by Crippen LogP contribution is 2.36. The van der Waals surface area contributed by atoms with E-state index in [1.165, 1.54) is 23.3 Å². The molecule has 37 heavy (non-hydrogen) atoms. The van der Waals surface area contributed by atoms with E-state index in [9.17, 15) is 14.4 Å². The molecule has 0 radical (unpaired) electrons. The van der Waals surface area contributed by atoms with Crippen molar-refractivity contribution in [2.75, 3.05) is 11.5 Å². The summed E-state index contributed by atoms with van der Waals surface area (Å²) in [6.07, 6.45) is 1.42. The van der Waals surface area contributed by atoms with Crippen LogP contribution in [0.25, 0.3) is 6.08 Å². The monoisotopic (exact) mass is 630 g/mol. The molecule has 3 aromatic rings. The molecule has 0 saturated carbocycles. The molecule has 1 fully saturated rings. The Hall–Kier alpha value is -3.37. The average molecular weight is 631 g/mol. The largest absolute Gasteiger partial charge is 0.490 e. The van der Waals surface area contributed by atoms with Crippen molar-refractivity contribution in [3.05, 3.63) is 91.0 Å². The maximum atomic E-state index is 13.2. The second kappa shape index (κ2) is 11.4. The fourth-order valence-corrected chi connectivity index (χ4v) is 4.80. The minimum Gasteiger partial charge on any atom is -0.490 e. The van der Waals surface area contributed by atoms with Crippen molar-refractivity contribution in [2.24, 2.45) is 0 Å². The summed E-state index contributed by atoms with van der Waals surface area (Å²) >= 11 is 8.34. The van der Waals surface area contributed by atoms with Crippen molar-refractivity contribution >= 4 is 63.8 Å². The van der Waals surface area contributed by atoms with Crippen LogP contribution in [0.15, 0.2) is 60.2 Å². The van der Waals surface area contributed by atoms with E-state index in [2.05, 4.69) is 53.9 Å². The van der Waals surface area contributed by atoms with Gasteiger partial charge in [0.2, 0.25) is 0 Å². The summed E-state index contributed by atoms with van der Waals surface area (Å²) in [4.78, 5) is 39.2. The van der Waals surface area contributed by atoms with Crippen LogP contribution >= 0.6 is 34.2 Å². The number of nitrogens with one attached hydrogen (secondary N) is 1. The number of anilines is 1. The first-order valence-electron chi connectivity index (χ1n) is 11.5. The van der Waals surface area contributed by atoms with Crippen LogP contribution < -0.4 is 19.7 Å². The van der Waals surface area contributed by atoms with E-state index in [0.29, 0.717) is 30.3 Å². The van der Waals surface area contributed by atoms with Gasteiger partial charge >= 0.3 is 6.03 Å². The van der Waals surface area contributed by atoms with Crippen LogP contribution in [0.4, 0.5) is 10.5 Å². The molecule has 1 aliphatic heterocycles. The zero-order valence-corrected chi connectivity index (χ0v) is 23.3. The number of para-hydroxylation sites is 1. The molecule has 3 aromatic carbocycles. The van der Waals surface area contributed by atoms with E-state index in [-0.39, 0.29) is 16.3 Å². The molecule has 0 aliphatic carbocycles. The number of benzene rings is 3. The SMILES string of the molecule is CCOc1cc(/C=C2\C(=O)NC(=O)N(c3ccccc3Cl)C2=O)cc(I)c1OCc1ccc(C)c(C)c1. The topological polar surface area (TPSA) is 84.9 Å². The van der Waals surface area contributed by atoms with E-state index in [0.717, 1.165) is 14.0 Å². The van der Waals surface area contributed by atoms with E-state index in [1.54, 1.807) is 30.3 Å². The van der Waals surface area contributed by atoms with Crippen LogP contribution in [-0.4, -0.2) is 24.5 Å². The van der Waals surface area contributed by atoms with Gasteiger partial charge in [0.25, 0.3) is 11.8 Å². The lowest BCUT2D eigenvalue weighted by molar-refractivity contribution is -0.122. The Balaban J connectivity index is 1.66. The number of hydrogen-bond acceptors (Lipinski definition) is 5. The molecule has 0 atom stereocenters. The zero-order valence-electron chi connectivity index (χ0n) is 20.4. The molecule has 1 aliphatic rings. The van der Waals surface area contributed by atoms with Crippen LogP contribution in [-0.2, 0) is 16.2 Å². The number of urea groups is 1. The molecular formula is C28H24ClIN2O5. The number of rotatable bonds is 7. The number of hydrogen-bond donors (Lipinski definition) is 1. The molecule has 1 N–H and O–H groups in total. The van der Waals surface area contributed by atoms with Gasteiger partial charge < -0.3 is 9.47 Å². The Morgan fingerprint density at radius 3 is 2.46 bits per heavy atom. The van der Waals surface area contributed by atoms with Crippen LogP contribution in [0.5, 0.6) is 11.5 Å². The summed E-state index contributed by atoms with van der Waals surface area (Å²) in [5.41, 5.74) is 3.94. The number of carbonyl (C=O) groups excluding carboxylic acids is 3. The summed E-state index contributed by atoms with van der Waals surface area (Å²) in [7, 11) is 0. The highest BCUT2D eigenvalue weighted by molar-refractivity contribution is 14.1. The predicted octanol–water partition coefficient (Wildman–Crippen LogP) is 6.21. The Bertz CT molecular complexity index is 1440. The normalized spacial score (nSPS) is 14.7. The molecule has 0 unspecified atom stereocenters. The standard InChI is InChI=1S/C28H24ClIN2O5/c1-4-36-24-14-19(13-22(30)25(24)37-15-18-10-9-16(2)17(3)11-18)12-20-26(33)31-28(35)32(27(20)34)23-8-6-5-7-21(23)29/h5-14H,4,15H2,1-3H3,(H,31,33,35)/b20-12+. The van der Waals surface area contributed by atoms with Crippen LogP contribution in [0.3, 0.4) is 0 Å². The smallest absolute Gasteiger partial charge is 0.335 e. The fourth-order valence-electron chi connectivity index (χ4n) is 3.80. The van der Waals surface area contributed by atoms with Crippen molar-refractivity contribution < 1.29 is 23.9 Å². The van der Waals surface area contributed by atoms with Gasteiger partial charge in [0.15, 0.2) is 11.5 Å². The molecule has 1 saturated heterocycles. The third-order valence-corrected chi connectivity index (χ3v) is 6.91. The van der Waals surface area contributed by atoms with Gasteiger partial charge in [0.05, 0.1) is 20.9 Å². The lowest BCUT2D eigenvalue weighted by Crippen LogP contribution is -2.54. The number of barbiturate groups is 1. The van der Waals surface area contributed by atoms with Gasteiger partial charge in [0.1, 0.15) is 12.2 Å². The summed E-state index contributed by atoms with van der Waals surface area (Å²) in [5.74, 6) is -0.519. The third-order valence-electron chi connectivity index (χ3n) is 5.79. The lowest BCUT2D eigenvalue weighted by atomic mass is 10.1. The average Bonchev–Trinajstić information content (AvgIpc) is 2.84. The van der Waals surface area contributed by atoms with Crippen molar-refractivity contribution in [3.8, 4) is 11.5 Å². The van der Waals surface area contributed by atoms with Gasteiger partial charge in [-0.25, -0.2) is 9.69 Å². The van der Waals surface area contributed by atoms with Gasteiger partial charge in [0, 0.05) is 0 Å². The van der Waals surface area contributed by atoms with Crippen molar-refractivity contribution in [2.45, 2.75) is 27.4 Å². The van der Waals surface area contributed by atoms with Crippen molar-refractivity contribution in [3.63, 3.8) is 0 Å². The fraction of sp³-hybridized carbons (Fsp3) is 0.179. The third kappa shape index (κ3) is 5.80. The number of ether oxygens (including phenoxy) is 2. The van der Waals surface area contributed by atoms with Gasteiger partial charge in [-0.3, -0.25) is 14.9 Å². The predicted molar refractivity (Wildman–Crippen MR) is 151 cm³/mol. The first-order chi connectivity index (χ1) is 17.7. The second-order valence-electron chi connectivity index (χ2n) is 8.38. The molecule has 7 nitrogen and oxygen atoms in total. The Labute approximate surface area is 233 Å². The minimum atomic E-state index is -0.861. The van der Waals surface area contributed by atoms with Gasteiger partial charge in [-0.05, 0) is 96.0 Å². The molecule has 9 heteroatoms. The van der Waals surface area contributed by atoms with E-state index in [4.69, 9.17) is 21.1 Å². The molecule has 4 amide bonds. The van der Waals surface area contributed by atoms with Gasteiger partial charge in [-0.1, -0.05) is 41.9 Å². The van der Waals surface area contributed by atoms with E-state index < -0.39 is 17.8 Å². The Morgan fingerprint density at radius 2 is 1.76 bits per heavy atom. The number of aryl methyl sites for hydroxylation is 2.